The fourth-order valence-electron chi connectivity index (χ4n) is 1.19. The molecule has 0 aliphatic carbocycles. The smallest absolute Gasteiger partial charge is 0.409 e. The van der Waals surface area contributed by atoms with Crippen LogP contribution in [0, 0.1) is 5.82 Å². The molecule has 0 saturated heterocycles. The number of halogens is 4. The number of nitrogens with zero attached hydrogens (tertiary/aromatic N) is 1. The van der Waals surface area contributed by atoms with Crippen molar-refractivity contribution in [1.82, 2.24) is 0 Å². The second-order valence-electron chi connectivity index (χ2n) is 3.79. The van der Waals surface area contributed by atoms with Crippen LogP contribution >= 0.6 is 0 Å². The summed E-state index contributed by atoms with van der Waals surface area (Å²) in [7, 11) is 0. The van der Waals surface area contributed by atoms with Crippen LogP contribution in [0.5, 0.6) is 0 Å². The first kappa shape index (κ1) is 15.2. The lowest BCUT2D eigenvalue weighted by Crippen LogP contribution is -2.28. The maximum atomic E-state index is 13.5. The quantitative estimate of drug-likeness (QED) is 0.292. The highest BCUT2D eigenvalue weighted by molar-refractivity contribution is 5.97. The molecule has 3 N–H and O–H groups in total. The molecule has 1 unspecified atom stereocenters. The van der Waals surface area contributed by atoms with E-state index in [2.05, 4.69) is 9.89 Å². The van der Waals surface area contributed by atoms with Crippen LogP contribution in [0.3, 0.4) is 0 Å². The minimum atomic E-state index is -4.50. The third-order valence-electron chi connectivity index (χ3n) is 2.41. The molecule has 8 heteroatoms. The molecule has 0 heterocycles. The summed E-state index contributed by atoms with van der Waals surface area (Å²) in [6.07, 6.45) is -6.49. The number of nitrogens with two attached hydrogens (primary N) is 1. The molecule has 0 aliphatic rings. The molecule has 0 bridgehead atoms. The summed E-state index contributed by atoms with van der Waals surface area (Å²) < 4.78 is 54.6. The summed E-state index contributed by atoms with van der Waals surface area (Å²) in [6.45, 7) is 0.311. The van der Waals surface area contributed by atoms with Gasteiger partial charge in [0.15, 0.2) is 11.9 Å². The lowest BCUT2D eigenvalue weighted by molar-refractivity contribution is -0.217. The zero-order chi connectivity index (χ0) is 14.6. The Kier molecular flexibility index (Phi) is 4.71. The first-order valence-electron chi connectivity index (χ1n) is 5.20. The Hall–Kier alpha value is -1.83. The van der Waals surface area contributed by atoms with Gasteiger partial charge >= 0.3 is 6.18 Å². The first-order valence-corrected chi connectivity index (χ1v) is 5.20. The van der Waals surface area contributed by atoms with E-state index in [9.17, 15) is 17.6 Å². The Morgan fingerprint density at radius 3 is 2.58 bits per heavy atom. The fraction of sp³-hybridized carbons (Fsp3) is 0.364. The highest BCUT2D eigenvalue weighted by Gasteiger charge is 2.36. The molecule has 0 spiro atoms. The van der Waals surface area contributed by atoms with Crippen molar-refractivity contribution >= 4 is 5.84 Å². The Balaban J connectivity index is 2.76. The predicted octanol–water partition coefficient (Wildman–Crippen LogP) is 2.39. The molecule has 0 fully saturated rings. The van der Waals surface area contributed by atoms with Crippen molar-refractivity contribution in [3.05, 3.63) is 35.1 Å². The van der Waals surface area contributed by atoms with Gasteiger partial charge in [-0.3, -0.25) is 0 Å². The molecule has 0 aliphatic heterocycles. The largest absolute Gasteiger partial charge is 0.414 e. The number of hydrogen-bond donors (Lipinski definition) is 2. The number of rotatable bonds is 4. The molecule has 0 saturated carbocycles. The highest BCUT2D eigenvalue weighted by atomic mass is 19.4. The minimum absolute atomic E-state index is 0.0504. The van der Waals surface area contributed by atoms with E-state index in [0.717, 1.165) is 13.0 Å². The lowest BCUT2D eigenvalue weighted by Gasteiger charge is -2.16. The minimum Gasteiger partial charge on any atom is -0.409 e. The van der Waals surface area contributed by atoms with Crippen LogP contribution in [0.15, 0.2) is 23.4 Å². The Morgan fingerprint density at radius 2 is 2.11 bits per heavy atom. The molecule has 1 atom stereocenters. The van der Waals surface area contributed by atoms with Gasteiger partial charge in [0.2, 0.25) is 0 Å². The Morgan fingerprint density at radius 1 is 1.47 bits per heavy atom. The molecule has 0 aromatic heterocycles. The number of hydrogen-bond acceptors (Lipinski definition) is 3. The number of oxime groups is 1. The van der Waals surface area contributed by atoms with Crippen LogP contribution in [0.25, 0.3) is 0 Å². The van der Waals surface area contributed by atoms with Gasteiger partial charge in [0.1, 0.15) is 5.82 Å². The Labute approximate surface area is 106 Å². The SMILES string of the molecule is CC(OCc1ccc(C(N)=NO)cc1F)C(F)(F)F. The van der Waals surface area contributed by atoms with E-state index >= 15 is 0 Å². The number of amidine groups is 1. The zero-order valence-electron chi connectivity index (χ0n) is 9.91. The van der Waals surface area contributed by atoms with Crippen molar-refractivity contribution in [2.24, 2.45) is 10.9 Å². The molecular formula is C11H12F4N2O2. The monoisotopic (exact) mass is 280 g/mol. The van der Waals surface area contributed by atoms with Gasteiger partial charge in [-0.05, 0) is 13.0 Å². The van der Waals surface area contributed by atoms with E-state index in [-0.39, 0.29) is 17.0 Å². The van der Waals surface area contributed by atoms with Crippen LogP contribution in [0.1, 0.15) is 18.1 Å². The summed E-state index contributed by atoms with van der Waals surface area (Å²) >= 11 is 0. The van der Waals surface area contributed by atoms with Crippen molar-refractivity contribution in [3.63, 3.8) is 0 Å². The maximum Gasteiger partial charge on any atom is 0.414 e. The van der Waals surface area contributed by atoms with Gasteiger partial charge in [0.25, 0.3) is 0 Å². The van der Waals surface area contributed by atoms with Gasteiger partial charge in [-0.1, -0.05) is 17.3 Å². The fourth-order valence-corrected chi connectivity index (χ4v) is 1.19. The predicted molar refractivity (Wildman–Crippen MR) is 59.2 cm³/mol. The summed E-state index contributed by atoms with van der Waals surface area (Å²) in [5.41, 5.74) is 5.31. The van der Waals surface area contributed by atoms with E-state index in [4.69, 9.17) is 10.9 Å². The van der Waals surface area contributed by atoms with Gasteiger partial charge in [0, 0.05) is 11.1 Å². The maximum absolute atomic E-state index is 13.5. The van der Waals surface area contributed by atoms with Crippen molar-refractivity contribution in [1.29, 1.82) is 0 Å². The second kappa shape index (κ2) is 5.87. The average molecular weight is 280 g/mol. The molecule has 0 radical (unpaired) electrons. The molecule has 106 valence electrons. The van der Waals surface area contributed by atoms with E-state index in [0.29, 0.717) is 0 Å². The van der Waals surface area contributed by atoms with Gasteiger partial charge < -0.3 is 15.7 Å². The molecule has 4 nitrogen and oxygen atoms in total. The summed E-state index contributed by atoms with van der Waals surface area (Å²) in [6, 6.07) is 3.48. The van der Waals surface area contributed by atoms with E-state index < -0.39 is 24.7 Å². The third-order valence-corrected chi connectivity index (χ3v) is 2.41. The summed E-state index contributed by atoms with van der Waals surface area (Å²) in [4.78, 5) is 0. The van der Waals surface area contributed by atoms with Crippen molar-refractivity contribution in [2.75, 3.05) is 0 Å². The van der Waals surface area contributed by atoms with Crippen LogP contribution in [-0.2, 0) is 11.3 Å². The van der Waals surface area contributed by atoms with E-state index in [1.165, 1.54) is 12.1 Å². The molecule has 1 aromatic rings. The van der Waals surface area contributed by atoms with E-state index in [1.54, 1.807) is 0 Å². The lowest BCUT2D eigenvalue weighted by atomic mass is 10.1. The van der Waals surface area contributed by atoms with Crippen LogP contribution in [-0.4, -0.2) is 23.3 Å². The Bertz CT molecular complexity index is 474. The molecule has 1 aromatic carbocycles. The summed E-state index contributed by atoms with van der Waals surface area (Å²) in [5, 5.41) is 11.1. The third kappa shape index (κ3) is 4.09. The zero-order valence-corrected chi connectivity index (χ0v) is 9.91. The van der Waals surface area contributed by atoms with Crippen molar-refractivity contribution in [3.8, 4) is 0 Å². The number of ether oxygens (including phenoxy) is 1. The molecule has 0 amide bonds. The van der Waals surface area contributed by atoms with Crippen molar-refractivity contribution in [2.45, 2.75) is 25.8 Å². The first-order chi connectivity index (χ1) is 8.75. The standard InChI is InChI=1S/C11H12F4N2O2/c1-6(11(13,14)15)19-5-8-3-2-7(4-9(8)12)10(16)17-18/h2-4,6,18H,5H2,1H3,(H2,16,17). The molecule has 19 heavy (non-hydrogen) atoms. The highest BCUT2D eigenvalue weighted by Crippen LogP contribution is 2.23. The number of benzene rings is 1. The summed E-state index contributed by atoms with van der Waals surface area (Å²) in [5.74, 6) is -1.09. The van der Waals surface area contributed by atoms with E-state index in [1.807, 2.05) is 0 Å². The van der Waals surface area contributed by atoms with Crippen LogP contribution < -0.4 is 5.73 Å². The van der Waals surface area contributed by atoms with Crippen LogP contribution in [0.2, 0.25) is 0 Å². The van der Waals surface area contributed by atoms with Crippen LogP contribution in [0.4, 0.5) is 17.6 Å². The van der Waals surface area contributed by atoms with Crippen molar-refractivity contribution < 1.29 is 27.5 Å². The number of alkyl halides is 3. The van der Waals surface area contributed by atoms with Gasteiger partial charge in [-0.2, -0.15) is 13.2 Å². The van der Waals surface area contributed by atoms with Gasteiger partial charge in [0.05, 0.1) is 6.61 Å². The topological polar surface area (TPSA) is 67.8 Å². The molecular weight excluding hydrogens is 268 g/mol. The van der Waals surface area contributed by atoms with Gasteiger partial charge in [-0.15, -0.1) is 0 Å². The van der Waals surface area contributed by atoms with Gasteiger partial charge in [-0.25, -0.2) is 4.39 Å². The second-order valence-corrected chi connectivity index (χ2v) is 3.79. The molecule has 1 rings (SSSR count). The average Bonchev–Trinajstić information content (AvgIpc) is 2.34. The normalized spacial score (nSPS) is 14.5.